The molecule has 4 nitrogen and oxygen atoms in total. The Balaban J connectivity index is 1.73. The number of nitrogens with one attached hydrogen (secondary N) is 2. The summed E-state index contributed by atoms with van der Waals surface area (Å²) in [5.41, 5.74) is 6.86. The molecular weight excluding hydrogens is 296 g/mol. The number of para-hydroxylation sites is 1. The lowest BCUT2D eigenvalue weighted by atomic mass is 9.98. The van der Waals surface area contributed by atoms with Crippen LogP contribution < -0.4 is 5.32 Å². The van der Waals surface area contributed by atoms with Gasteiger partial charge in [-0.05, 0) is 18.1 Å². The predicted octanol–water partition coefficient (Wildman–Crippen LogP) is 4.33. The van der Waals surface area contributed by atoms with E-state index in [1.165, 1.54) is 22.1 Å². The van der Waals surface area contributed by atoms with Crippen molar-refractivity contribution in [3.05, 3.63) is 78.1 Å². The quantitative estimate of drug-likeness (QED) is 0.579. The molecule has 3 heterocycles. The van der Waals surface area contributed by atoms with Gasteiger partial charge >= 0.3 is 0 Å². The van der Waals surface area contributed by atoms with Crippen LogP contribution in [0.1, 0.15) is 17.2 Å². The summed E-state index contributed by atoms with van der Waals surface area (Å²) in [6, 6.07) is 19.2. The molecule has 0 amide bonds. The molecule has 0 aliphatic carbocycles. The Bertz CT molecular complexity index is 1020. The lowest BCUT2D eigenvalue weighted by Crippen LogP contribution is -2.12. The molecule has 0 spiro atoms. The second-order valence-corrected chi connectivity index (χ2v) is 6.16. The number of hydrogen-bond acceptors (Lipinski definition) is 3. The Kier molecular flexibility index (Phi) is 2.88. The Morgan fingerprint density at radius 3 is 2.67 bits per heavy atom. The van der Waals surface area contributed by atoms with Crippen LogP contribution in [0, 0.1) is 0 Å². The third kappa shape index (κ3) is 2.00. The summed E-state index contributed by atoms with van der Waals surface area (Å²) >= 11 is 0. The molecule has 0 saturated heterocycles. The molecule has 2 N–H and O–H groups in total. The van der Waals surface area contributed by atoms with E-state index in [-0.39, 0.29) is 6.04 Å². The van der Waals surface area contributed by atoms with E-state index in [4.69, 9.17) is 0 Å². The summed E-state index contributed by atoms with van der Waals surface area (Å²) in [6.07, 6.45) is 4.85. The summed E-state index contributed by atoms with van der Waals surface area (Å²) in [4.78, 5) is 3.28. The molecule has 1 atom stereocenters. The van der Waals surface area contributed by atoms with Crippen molar-refractivity contribution in [3.63, 3.8) is 0 Å². The highest BCUT2D eigenvalue weighted by molar-refractivity contribution is 6.00. The average molecular weight is 312 g/mol. The number of anilines is 1. The van der Waals surface area contributed by atoms with Crippen LogP contribution in [0.4, 0.5) is 5.69 Å². The fourth-order valence-corrected chi connectivity index (χ4v) is 3.60. The number of fused-ring (bicyclic) bond motifs is 2. The number of rotatable bonds is 2. The summed E-state index contributed by atoms with van der Waals surface area (Å²) in [5.74, 6) is 0. The molecule has 2 aromatic carbocycles. The highest BCUT2D eigenvalue weighted by Crippen LogP contribution is 2.41. The molecule has 0 bridgehead atoms. The summed E-state index contributed by atoms with van der Waals surface area (Å²) < 4.78 is 0. The first-order valence-corrected chi connectivity index (χ1v) is 8.13. The van der Waals surface area contributed by atoms with Crippen molar-refractivity contribution >= 4 is 16.7 Å². The van der Waals surface area contributed by atoms with E-state index >= 15 is 0 Å². The smallest absolute Gasteiger partial charge is 0.160 e. The van der Waals surface area contributed by atoms with Gasteiger partial charge < -0.3 is 10.3 Å². The van der Waals surface area contributed by atoms with Crippen molar-refractivity contribution in [1.29, 1.82) is 0 Å². The lowest BCUT2D eigenvalue weighted by molar-refractivity contribution is 0.784. The molecule has 116 valence electrons. The highest BCUT2D eigenvalue weighted by atomic mass is 15.1. The molecule has 1 aliphatic heterocycles. The van der Waals surface area contributed by atoms with Gasteiger partial charge in [-0.1, -0.05) is 48.5 Å². The van der Waals surface area contributed by atoms with Crippen LogP contribution >= 0.6 is 0 Å². The van der Waals surface area contributed by atoms with E-state index in [2.05, 4.69) is 81.3 Å². The minimum absolute atomic E-state index is 0.188. The van der Waals surface area contributed by atoms with E-state index in [0.29, 0.717) is 0 Å². The molecule has 2 aromatic heterocycles. The molecule has 4 aromatic rings. The lowest BCUT2D eigenvalue weighted by Gasteiger charge is -2.19. The number of H-pyrrole nitrogens is 1. The fourth-order valence-electron chi connectivity index (χ4n) is 3.60. The van der Waals surface area contributed by atoms with Gasteiger partial charge in [0.15, 0.2) is 5.65 Å². The number of hydrogen-bond donors (Lipinski definition) is 2. The normalized spacial score (nSPS) is 15.6. The zero-order chi connectivity index (χ0) is 15.9. The van der Waals surface area contributed by atoms with Gasteiger partial charge in [-0.25, -0.2) is 0 Å². The van der Waals surface area contributed by atoms with Crippen molar-refractivity contribution in [2.45, 2.75) is 12.5 Å². The molecule has 0 fully saturated rings. The summed E-state index contributed by atoms with van der Waals surface area (Å²) in [7, 11) is 0. The summed E-state index contributed by atoms with van der Waals surface area (Å²) in [6.45, 7) is 0. The van der Waals surface area contributed by atoms with Crippen LogP contribution in [-0.2, 0) is 6.42 Å². The van der Waals surface area contributed by atoms with Gasteiger partial charge in [-0.15, -0.1) is 5.10 Å². The van der Waals surface area contributed by atoms with E-state index in [9.17, 15) is 0 Å². The van der Waals surface area contributed by atoms with Crippen LogP contribution in [0.5, 0.6) is 0 Å². The first-order chi connectivity index (χ1) is 11.9. The SMILES string of the molecule is c1ccc(CC2Nc3ccccc3-c3cnnc4[nH]cc2c34)cc1. The van der Waals surface area contributed by atoms with E-state index < -0.39 is 0 Å². The van der Waals surface area contributed by atoms with E-state index in [0.717, 1.165) is 23.3 Å². The molecule has 0 radical (unpaired) electrons. The van der Waals surface area contributed by atoms with E-state index in [1.54, 1.807) is 0 Å². The topological polar surface area (TPSA) is 53.6 Å². The van der Waals surface area contributed by atoms with Crippen molar-refractivity contribution in [1.82, 2.24) is 15.2 Å². The van der Waals surface area contributed by atoms with Gasteiger partial charge in [0.1, 0.15) is 0 Å². The number of aromatic nitrogens is 3. The average Bonchev–Trinajstić information content (AvgIpc) is 3.01. The van der Waals surface area contributed by atoms with Crippen molar-refractivity contribution < 1.29 is 0 Å². The Labute approximate surface area is 139 Å². The maximum Gasteiger partial charge on any atom is 0.160 e. The van der Waals surface area contributed by atoms with Crippen LogP contribution in [-0.4, -0.2) is 15.2 Å². The second-order valence-electron chi connectivity index (χ2n) is 6.16. The monoisotopic (exact) mass is 312 g/mol. The van der Waals surface area contributed by atoms with Gasteiger partial charge in [-0.2, -0.15) is 5.10 Å². The molecular formula is C20H16N4. The minimum Gasteiger partial charge on any atom is -0.377 e. The van der Waals surface area contributed by atoms with Crippen LogP contribution in [0.2, 0.25) is 0 Å². The van der Waals surface area contributed by atoms with Gasteiger partial charge in [0.2, 0.25) is 0 Å². The zero-order valence-electron chi connectivity index (χ0n) is 13.0. The zero-order valence-corrected chi connectivity index (χ0v) is 13.0. The van der Waals surface area contributed by atoms with Crippen molar-refractivity contribution in [3.8, 4) is 11.1 Å². The third-order valence-electron chi connectivity index (χ3n) is 4.71. The van der Waals surface area contributed by atoms with Gasteiger partial charge in [0, 0.05) is 34.0 Å². The number of nitrogens with zero attached hydrogens (tertiary/aromatic N) is 2. The number of benzene rings is 2. The number of aromatic amines is 1. The minimum atomic E-state index is 0.188. The maximum absolute atomic E-state index is 4.27. The molecule has 0 saturated carbocycles. The van der Waals surface area contributed by atoms with Crippen LogP contribution in [0.25, 0.3) is 22.2 Å². The highest BCUT2D eigenvalue weighted by Gasteiger charge is 2.25. The first-order valence-electron chi connectivity index (χ1n) is 8.13. The maximum atomic E-state index is 4.27. The molecule has 24 heavy (non-hydrogen) atoms. The molecule has 5 rings (SSSR count). The van der Waals surface area contributed by atoms with E-state index in [1.807, 2.05) is 6.20 Å². The van der Waals surface area contributed by atoms with Crippen molar-refractivity contribution in [2.24, 2.45) is 0 Å². The van der Waals surface area contributed by atoms with Crippen LogP contribution in [0.15, 0.2) is 67.0 Å². The molecule has 1 unspecified atom stereocenters. The Morgan fingerprint density at radius 2 is 1.75 bits per heavy atom. The van der Waals surface area contributed by atoms with Gasteiger partial charge in [-0.3, -0.25) is 0 Å². The molecule has 1 aliphatic rings. The summed E-state index contributed by atoms with van der Waals surface area (Å²) in [5, 5.41) is 13.3. The van der Waals surface area contributed by atoms with Gasteiger partial charge in [0.05, 0.1) is 12.2 Å². The third-order valence-corrected chi connectivity index (χ3v) is 4.71. The Morgan fingerprint density at radius 1 is 0.917 bits per heavy atom. The van der Waals surface area contributed by atoms with Crippen molar-refractivity contribution in [2.75, 3.05) is 5.32 Å². The predicted molar refractivity (Wildman–Crippen MR) is 95.8 cm³/mol. The fraction of sp³-hybridized carbons (Fsp3) is 0.100. The second kappa shape index (κ2) is 5.20. The first kappa shape index (κ1) is 13.3. The largest absolute Gasteiger partial charge is 0.377 e. The van der Waals surface area contributed by atoms with Crippen LogP contribution in [0.3, 0.4) is 0 Å². The standard InChI is InChI=1S/C20H16N4/c1-2-6-13(7-3-1)10-18-16-11-21-20-19(16)15(12-22-24-20)14-8-4-5-9-17(14)23-18/h1-9,11-12,18,23H,10H2,(H,21,24). The Hall–Kier alpha value is -3.14. The molecule has 4 heteroatoms. The van der Waals surface area contributed by atoms with Gasteiger partial charge in [0.25, 0.3) is 0 Å².